The Kier molecular flexibility index (Phi) is 10.5. The highest BCUT2D eigenvalue weighted by atomic mass is 16.7. The number of ether oxygens (including phenoxy) is 1. The minimum atomic E-state index is -0.884. The highest BCUT2D eigenvalue weighted by molar-refractivity contribution is 5.96. The van der Waals surface area contributed by atoms with E-state index in [2.05, 4.69) is 29.5 Å². The number of aromatic nitrogens is 1. The molecule has 2 N–H and O–H groups in total. The minimum absolute atomic E-state index is 0.0183. The first-order valence-electron chi connectivity index (χ1n) is 13.0. The lowest BCUT2D eigenvalue weighted by Gasteiger charge is -2.14. The number of unbranched alkanes of at least 4 members (excludes halogenated alkanes) is 5. The number of aliphatic imine (C=N–C) groups is 1. The zero-order valence-corrected chi connectivity index (χ0v) is 21.7. The van der Waals surface area contributed by atoms with E-state index in [1.807, 2.05) is 19.1 Å². The molecule has 2 atom stereocenters. The lowest BCUT2D eigenvalue weighted by atomic mass is 10.0. The monoisotopic (exact) mass is 497 g/mol. The summed E-state index contributed by atoms with van der Waals surface area (Å²) in [5, 5.41) is 9.09. The van der Waals surface area contributed by atoms with Crippen LogP contribution in [-0.4, -0.2) is 39.6 Å². The highest BCUT2D eigenvalue weighted by Gasteiger charge is 2.23. The van der Waals surface area contributed by atoms with E-state index in [9.17, 15) is 9.59 Å². The van der Waals surface area contributed by atoms with Gasteiger partial charge in [-0.3, -0.25) is 9.59 Å². The number of aliphatic carboxylic acids is 1. The Morgan fingerprint density at radius 1 is 1.11 bits per heavy atom. The first-order chi connectivity index (χ1) is 17.4. The molecule has 2 heterocycles. The number of aryl methyl sites for hydroxylation is 2. The molecule has 1 aliphatic heterocycles. The maximum atomic E-state index is 12.9. The van der Waals surface area contributed by atoms with Crippen LogP contribution >= 0.6 is 0 Å². The van der Waals surface area contributed by atoms with Crippen molar-refractivity contribution < 1.29 is 24.3 Å². The average Bonchev–Trinajstić information content (AvgIpc) is 3.46. The van der Waals surface area contributed by atoms with Crippen LogP contribution in [0.25, 0.3) is 0 Å². The quantitative estimate of drug-likeness (QED) is 0.314. The first kappa shape index (κ1) is 27.5. The fraction of sp³-hybridized carbons (Fsp3) is 0.536. The minimum Gasteiger partial charge on any atom is -0.483 e. The molecule has 1 aliphatic rings. The van der Waals surface area contributed by atoms with Crippen molar-refractivity contribution >= 4 is 17.7 Å². The summed E-state index contributed by atoms with van der Waals surface area (Å²) in [6.45, 7) is 5.94. The van der Waals surface area contributed by atoms with Gasteiger partial charge in [0.15, 0.2) is 11.9 Å². The molecule has 0 amide bonds. The second-order valence-corrected chi connectivity index (χ2v) is 9.48. The van der Waals surface area contributed by atoms with E-state index >= 15 is 0 Å². The van der Waals surface area contributed by atoms with Gasteiger partial charge in [-0.1, -0.05) is 51.2 Å². The molecule has 0 radical (unpaired) electrons. The fourth-order valence-corrected chi connectivity index (χ4v) is 4.20. The number of Topliss-reactive ketones (excluding diaryl/α,β-unsaturated/α-hetero) is 1. The molecule has 8 nitrogen and oxygen atoms in total. The van der Waals surface area contributed by atoms with Gasteiger partial charge in [0.05, 0.1) is 12.1 Å². The summed E-state index contributed by atoms with van der Waals surface area (Å²) in [5.41, 5.74) is 5.51. The van der Waals surface area contributed by atoms with Gasteiger partial charge in [0, 0.05) is 18.8 Å². The van der Waals surface area contributed by atoms with Gasteiger partial charge < -0.3 is 19.2 Å². The van der Waals surface area contributed by atoms with Gasteiger partial charge in [-0.25, -0.2) is 4.99 Å². The van der Waals surface area contributed by atoms with Gasteiger partial charge in [0.1, 0.15) is 11.9 Å². The van der Waals surface area contributed by atoms with Gasteiger partial charge in [0.2, 0.25) is 5.90 Å². The number of nitrogens with zero attached hydrogens (tertiary/aromatic N) is 2. The summed E-state index contributed by atoms with van der Waals surface area (Å²) in [4.78, 5) is 33.8. The molecule has 0 fully saturated rings. The van der Waals surface area contributed by atoms with E-state index in [-0.39, 0.29) is 24.9 Å². The van der Waals surface area contributed by atoms with Crippen LogP contribution < -0.4 is 10.2 Å². The Bertz CT molecular complexity index is 1030. The Hall–Kier alpha value is -3.13. The number of carboxylic acid groups (broad SMARTS) is 1. The van der Waals surface area contributed by atoms with Crippen LogP contribution in [-0.2, 0) is 33.8 Å². The molecular formula is C28H39N3O5. The van der Waals surface area contributed by atoms with Gasteiger partial charge in [-0.2, -0.15) is 0 Å². The Morgan fingerprint density at radius 3 is 2.50 bits per heavy atom. The molecule has 8 heteroatoms. The zero-order valence-electron chi connectivity index (χ0n) is 21.7. The lowest BCUT2D eigenvalue weighted by Crippen LogP contribution is -2.27. The number of carbonyl (C=O) groups is 2. The van der Waals surface area contributed by atoms with Crippen LogP contribution in [0.1, 0.15) is 82.4 Å². The largest absolute Gasteiger partial charge is 0.483 e. The van der Waals surface area contributed by atoms with Crippen molar-refractivity contribution in [2.75, 3.05) is 0 Å². The predicted molar refractivity (Wildman–Crippen MR) is 139 cm³/mol. The van der Waals surface area contributed by atoms with E-state index in [1.165, 1.54) is 44.1 Å². The second-order valence-electron chi connectivity index (χ2n) is 9.48. The van der Waals surface area contributed by atoms with E-state index in [0.717, 1.165) is 12.0 Å². The molecule has 0 saturated heterocycles. The predicted octanol–water partition coefficient (Wildman–Crippen LogP) is 5.07. The van der Waals surface area contributed by atoms with Crippen molar-refractivity contribution in [3.8, 4) is 5.75 Å². The van der Waals surface area contributed by atoms with Crippen LogP contribution in [0.4, 0.5) is 0 Å². The summed E-state index contributed by atoms with van der Waals surface area (Å²) >= 11 is 0. The van der Waals surface area contributed by atoms with Crippen LogP contribution in [0.15, 0.2) is 41.7 Å². The number of hydrogen-bond acceptors (Lipinski definition) is 6. The number of hydrogen-bond donors (Lipinski definition) is 2. The van der Waals surface area contributed by atoms with E-state index in [4.69, 9.17) is 14.7 Å². The molecule has 0 saturated carbocycles. The van der Waals surface area contributed by atoms with Gasteiger partial charge in [-0.15, -0.1) is 5.48 Å². The third-order valence-corrected chi connectivity index (χ3v) is 6.29. The van der Waals surface area contributed by atoms with Crippen molar-refractivity contribution in [1.29, 1.82) is 0 Å². The van der Waals surface area contributed by atoms with Crippen molar-refractivity contribution in [3.05, 3.63) is 53.3 Å². The summed E-state index contributed by atoms with van der Waals surface area (Å²) in [5.74, 6) is 0.106. The zero-order chi connectivity index (χ0) is 25.9. The Balaban J connectivity index is 1.53. The number of benzene rings is 1. The summed E-state index contributed by atoms with van der Waals surface area (Å²) in [6, 6.07) is 8.00. The Morgan fingerprint density at radius 2 is 1.83 bits per heavy atom. The maximum Gasteiger partial charge on any atom is 0.303 e. The van der Waals surface area contributed by atoms with Crippen LogP contribution in [0, 0.1) is 0 Å². The molecule has 1 aromatic heterocycles. The Labute approximate surface area is 213 Å². The molecule has 1 aromatic carbocycles. The molecule has 2 aromatic rings. The first-order valence-corrected chi connectivity index (χ1v) is 13.0. The van der Waals surface area contributed by atoms with E-state index in [0.29, 0.717) is 23.6 Å². The molecule has 0 bridgehead atoms. The standard InChI is InChI=1S/C28H39N3O5/c1-4-5-6-7-8-9-10-22-11-14-24(15-12-22)35-20(2)26(32)19-31-17-23(13-16-27(33)34)25(18-31)28-29-21(3)30-36-28/h11-12,14-15,17-18,20-21,30H,4-10,13,16,19H2,1-3H3,(H,33,34). The fourth-order valence-electron chi connectivity index (χ4n) is 4.20. The molecular weight excluding hydrogens is 458 g/mol. The van der Waals surface area contributed by atoms with Crippen LogP contribution in [0.2, 0.25) is 0 Å². The summed E-state index contributed by atoms with van der Waals surface area (Å²) < 4.78 is 7.65. The summed E-state index contributed by atoms with van der Waals surface area (Å²) in [7, 11) is 0. The highest BCUT2D eigenvalue weighted by Crippen LogP contribution is 2.20. The lowest BCUT2D eigenvalue weighted by molar-refractivity contribution is -0.137. The van der Waals surface area contributed by atoms with Gasteiger partial charge in [0.25, 0.3) is 0 Å². The SMILES string of the molecule is CCCCCCCCc1ccc(OC(C)C(=O)Cn2cc(CCC(=O)O)c(C3=NC(C)NO3)c2)cc1. The third-order valence-electron chi connectivity index (χ3n) is 6.29. The molecule has 0 spiro atoms. The number of hydroxylamine groups is 1. The van der Waals surface area contributed by atoms with Crippen LogP contribution in [0.3, 0.4) is 0 Å². The number of carboxylic acids is 1. The average molecular weight is 498 g/mol. The third kappa shape index (κ3) is 8.52. The van der Waals surface area contributed by atoms with Crippen molar-refractivity contribution in [3.63, 3.8) is 0 Å². The smallest absolute Gasteiger partial charge is 0.303 e. The molecule has 196 valence electrons. The van der Waals surface area contributed by atoms with Gasteiger partial charge in [-0.05, 0) is 56.4 Å². The molecule has 0 aliphatic carbocycles. The van der Waals surface area contributed by atoms with Crippen molar-refractivity contribution in [2.45, 2.75) is 97.4 Å². The van der Waals surface area contributed by atoms with Crippen LogP contribution in [0.5, 0.6) is 5.75 Å². The van der Waals surface area contributed by atoms with E-state index in [1.54, 1.807) is 23.9 Å². The molecule has 36 heavy (non-hydrogen) atoms. The second kappa shape index (κ2) is 13.8. The topological polar surface area (TPSA) is 102 Å². The van der Waals surface area contributed by atoms with E-state index < -0.39 is 12.1 Å². The van der Waals surface area contributed by atoms with Gasteiger partial charge >= 0.3 is 5.97 Å². The molecule has 2 unspecified atom stereocenters. The van der Waals surface area contributed by atoms with Crippen molar-refractivity contribution in [1.82, 2.24) is 10.0 Å². The molecule has 3 rings (SSSR count). The summed E-state index contributed by atoms with van der Waals surface area (Å²) in [6.07, 6.45) is 11.8. The number of carbonyl (C=O) groups excluding carboxylic acids is 1. The normalized spacial score (nSPS) is 15.9. The maximum absolute atomic E-state index is 12.9. The number of rotatable bonds is 16. The van der Waals surface area contributed by atoms with Crippen molar-refractivity contribution in [2.24, 2.45) is 4.99 Å². The number of ketones is 1. The number of nitrogens with one attached hydrogen (secondary N) is 1.